The summed E-state index contributed by atoms with van der Waals surface area (Å²) in [4.78, 5) is 16.3. The summed E-state index contributed by atoms with van der Waals surface area (Å²) in [7, 11) is 3.98. The van der Waals surface area contributed by atoms with E-state index in [4.69, 9.17) is 9.26 Å². The van der Waals surface area contributed by atoms with Gasteiger partial charge in [-0.1, -0.05) is 5.16 Å². The van der Waals surface area contributed by atoms with E-state index >= 15 is 0 Å². The highest BCUT2D eigenvalue weighted by Gasteiger charge is 2.49. The van der Waals surface area contributed by atoms with Crippen LogP contribution in [0.5, 0.6) is 0 Å². The van der Waals surface area contributed by atoms with Crippen molar-refractivity contribution in [2.75, 3.05) is 33.8 Å². The third kappa shape index (κ3) is 3.20. The maximum Gasteiger partial charge on any atom is 0.292 e. The molecular formula is C17H27N3O4. The van der Waals surface area contributed by atoms with Gasteiger partial charge in [0.2, 0.25) is 5.76 Å². The zero-order valence-electron chi connectivity index (χ0n) is 14.9. The molecule has 1 aromatic heterocycles. The van der Waals surface area contributed by atoms with Gasteiger partial charge in [0.25, 0.3) is 5.91 Å². The minimum Gasteiger partial charge on any atom is -0.386 e. The molecule has 1 aromatic rings. The van der Waals surface area contributed by atoms with Crippen LogP contribution in [0.2, 0.25) is 0 Å². The van der Waals surface area contributed by atoms with E-state index in [9.17, 15) is 9.90 Å². The van der Waals surface area contributed by atoms with E-state index in [0.717, 1.165) is 19.3 Å². The Morgan fingerprint density at radius 1 is 1.42 bits per heavy atom. The summed E-state index contributed by atoms with van der Waals surface area (Å²) in [5, 5.41) is 14.3. The molecule has 2 atom stereocenters. The largest absolute Gasteiger partial charge is 0.386 e. The molecule has 0 aliphatic carbocycles. The second kappa shape index (κ2) is 6.13. The molecule has 3 rings (SSSR count). The van der Waals surface area contributed by atoms with Gasteiger partial charge in [0.05, 0.1) is 17.9 Å². The molecule has 1 amide bonds. The van der Waals surface area contributed by atoms with Crippen molar-refractivity contribution in [2.45, 2.75) is 50.4 Å². The first kappa shape index (κ1) is 17.4. The number of aromatic nitrogens is 1. The van der Waals surface area contributed by atoms with Gasteiger partial charge in [-0.15, -0.1) is 0 Å². The molecular weight excluding hydrogens is 310 g/mol. The second-order valence-corrected chi connectivity index (χ2v) is 7.64. The Labute approximate surface area is 142 Å². The zero-order valence-corrected chi connectivity index (χ0v) is 14.9. The molecule has 134 valence electrons. The number of carbonyl (C=O) groups is 1. The van der Waals surface area contributed by atoms with Crippen LogP contribution in [-0.2, 0) is 4.74 Å². The molecule has 7 nitrogen and oxygen atoms in total. The van der Waals surface area contributed by atoms with Gasteiger partial charge in [-0.3, -0.25) is 4.79 Å². The van der Waals surface area contributed by atoms with Crippen LogP contribution in [0, 0.1) is 6.92 Å². The molecule has 2 saturated heterocycles. The van der Waals surface area contributed by atoms with Crippen molar-refractivity contribution in [2.24, 2.45) is 0 Å². The van der Waals surface area contributed by atoms with Crippen molar-refractivity contribution in [1.29, 1.82) is 0 Å². The van der Waals surface area contributed by atoms with Crippen molar-refractivity contribution in [3.05, 3.63) is 17.5 Å². The van der Waals surface area contributed by atoms with Crippen LogP contribution in [0.15, 0.2) is 10.6 Å². The van der Waals surface area contributed by atoms with Gasteiger partial charge >= 0.3 is 0 Å². The Balaban J connectivity index is 1.65. The molecule has 0 saturated carbocycles. The van der Waals surface area contributed by atoms with E-state index in [1.54, 1.807) is 17.9 Å². The first-order chi connectivity index (χ1) is 11.2. The van der Waals surface area contributed by atoms with Gasteiger partial charge in [0, 0.05) is 25.2 Å². The summed E-state index contributed by atoms with van der Waals surface area (Å²) >= 11 is 0. The Morgan fingerprint density at radius 3 is 2.62 bits per heavy atom. The highest BCUT2D eigenvalue weighted by Crippen LogP contribution is 2.39. The van der Waals surface area contributed by atoms with Crippen LogP contribution in [-0.4, -0.2) is 77.0 Å². The van der Waals surface area contributed by atoms with Crippen LogP contribution in [0.3, 0.4) is 0 Å². The standard InChI is InChI=1S/C17H27N3O4/c1-12-9-13(24-18-12)15(21)20-7-5-17(6-8-20)10-14(19(3)4)16(2,22)11-23-17/h9,14,22H,5-8,10-11H2,1-4H3/t14-,16-/m0/s1. The molecule has 0 bridgehead atoms. The third-order valence-corrected chi connectivity index (χ3v) is 5.38. The number of ether oxygens (including phenoxy) is 1. The summed E-state index contributed by atoms with van der Waals surface area (Å²) in [6.07, 6.45) is 2.31. The highest BCUT2D eigenvalue weighted by molar-refractivity contribution is 5.91. The average Bonchev–Trinajstić information content (AvgIpc) is 2.96. The van der Waals surface area contributed by atoms with Gasteiger partial charge in [0.15, 0.2) is 0 Å². The lowest BCUT2D eigenvalue weighted by molar-refractivity contribution is -0.205. The minimum absolute atomic E-state index is 0.0467. The fraction of sp³-hybridized carbons (Fsp3) is 0.765. The number of aryl methyl sites for hydroxylation is 1. The topological polar surface area (TPSA) is 79.0 Å². The number of likely N-dealkylation sites (tertiary alicyclic amines) is 1. The van der Waals surface area contributed by atoms with Gasteiger partial charge in [0.1, 0.15) is 5.60 Å². The van der Waals surface area contributed by atoms with Crippen molar-refractivity contribution in [3.8, 4) is 0 Å². The summed E-state index contributed by atoms with van der Waals surface area (Å²) in [5.41, 5.74) is -0.400. The van der Waals surface area contributed by atoms with Crippen molar-refractivity contribution < 1.29 is 19.2 Å². The van der Waals surface area contributed by atoms with Crippen molar-refractivity contribution in [3.63, 3.8) is 0 Å². The highest BCUT2D eigenvalue weighted by atomic mass is 16.5. The number of aliphatic hydroxyl groups is 1. The molecule has 0 aromatic carbocycles. The molecule has 2 fully saturated rings. The lowest BCUT2D eigenvalue weighted by Gasteiger charge is -2.52. The lowest BCUT2D eigenvalue weighted by atomic mass is 9.77. The summed E-state index contributed by atoms with van der Waals surface area (Å²) < 4.78 is 11.2. The zero-order chi connectivity index (χ0) is 17.5. The Bertz CT molecular complexity index is 603. The normalized spacial score (nSPS) is 30.1. The molecule has 3 heterocycles. The SMILES string of the molecule is Cc1cc(C(=O)N2CCC3(CC2)C[C@H](N(C)C)[C@@](C)(O)CO3)on1. The van der Waals surface area contributed by atoms with Crippen LogP contribution < -0.4 is 0 Å². The van der Waals surface area contributed by atoms with Crippen LogP contribution in [0.25, 0.3) is 0 Å². The van der Waals surface area contributed by atoms with E-state index in [2.05, 4.69) is 10.1 Å². The van der Waals surface area contributed by atoms with E-state index in [-0.39, 0.29) is 17.6 Å². The Morgan fingerprint density at radius 2 is 2.08 bits per heavy atom. The summed E-state index contributed by atoms with van der Waals surface area (Å²) in [5.74, 6) is 0.180. The second-order valence-electron chi connectivity index (χ2n) is 7.64. The number of hydrogen-bond donors (Lipinski definition) is 1. The molecule has 0 unspecified atom stereocenters. The molecule has 24 heavy (non-hydrogen) atoms. The fourth-order valence-electron chi connectivity index (χ4n) is 3.85. The summed E-state index contributed by atoms with van der Waals surface area (Å²) in [6.45, 7) is 5.21. The first-order valence-electron chi connectivity index (χ1n) is 8.48. The van der Waals surface area contributed by atoms with Gasteiger partial charge in [-0.2, -0.15) is 0 Å². The number of carbonyl (C=O) groups excluding carboxylic acids is 1. The van der Waals surface area contributed by atoms with Crippen LogP contribution >= 0.6 is 0 Å². The number of hydrogen-bond acceptors (Lipinski definition) is 6. The number of amides is 1. The van der Waals surface area contributed by atoms with Crippen LogP contribution in [0.4, 0.5) is 0 Å². The predicted octanol–water partition coefficient (Wildman–Crippen LogP) is 1.06. The Hall–Kier alpha value is -1.44. The molecule has 2 aliphatic heterocycles. The number of rotatable bonds is 2. The molecule has 1 N–H and O–H groups in total. The molecule has 1 spiro atoms. The van der Waals surface area contributed by atoms with E-state index < -0.39 is 5.60 Å². The molecule has 2 aliphatic rings. The maximum atomic E-state index is 12.5. The number of nitrogens with zero attached hydrogens (tertiary/aromatic N) is 3. The first-order valence-corrected chi connectivity index (χ1v) is 8.48. The van der Waals surface area contributed by atoms with Gasteiger partial charge in [-0.25, -0.2) is 0 Å². The fourth-order valence-corrected chi connectivity index (χ4v) is 3.85. The van der Waals surface area contributed by atoms with E-state index in [0.29, 0.717) is 31.2 Å². The van der Waals surface area contributed by atoms with E-state index in [1.807, 2.05) is 21.0 Å². The average molecular weight is 337 g/mol. The van der Waals surface area contributed by atoms with Crippen LogP contribution in [0.1, 0.15) is 42.4 Å². The number of likely N-dealkylation sites (N-methyl/N-ethyl adjacent to an activating group) is 1. The quantitative estimate of drug-likeness (QED) is 0.869. The van der Waals surface area contributed by atoms with E-state index in [1.165, 1.54) is 0 Å². The smallest absolute Gasteiger partial charge is 0.292 e. The molecule has 0 radical (unpaired) electrons. The number of piperidine rings is 1. The molecule has 7 heteroatoms. The summed E-state index contributed by atoms with van der Waals surface area (Å²) in [6, 6.07) is 1.72. The lowest BCUT2D eigenvalue weighted by Crippen LogP contribution is -2.62. The Kier molecular flexibility index (Phi) is 4.44. The monoisotopic (exact) mass is 337 g/mol. The third-order valence-electron chi connectivity index (χ3n) is 5.38. The van der Waals surface area contributed by atoms with Crippen molar-refractivity contribution in [1.82, 2.24) is 15.0 Å². The van der Waals surface area contributed by atoms with Gasteiger partial charge in [-0.05, 0) is 47.2 Å². The minimum atomic E-state index is -0.848. The van der Waals surface area contributed by atoms with Crippen molar-refractivity contribution >= 4 is 5.91 Å². The van der Waals surface area contributed by atoms with Gasteiger partial charge < -0.3 is 24.2 Å². The predicted molar refractivity (Wildman–Crippen MR) is 87.8 cm³/mol. The maximum absolute atomic E-state index is 12.5.